The van der Waals surface area contributed by atoms with Gasteiger partial charge in [0.05, 0.1) is 12.2 Å². The molecule has 1 aliphatic heterocycles. The Kier molecular flexibility index (Phi) is 5.45. The van der Waals surface area contributed by atoms with Crippen LogP contribution >= 0.6 is 0 Å². The number of Topliss-reactive ketones (excluding diaryl/α,β-unsaturated/α-hetero) is 1. The minimum atomic E-state index is -0.231. The smallest absolute Gasteiger partial charge is 0.222 e. The molecule has 2 aliphatic rings. The molecule has 0 N–H and O–H groups in total. The highest BCUT2D eigenvalue weighted by molar-refractivity contribution is 5.99. The molecule has 5 nitrogen and oxygen atoms in total. The third-order valence-electron chi connectivity index (χ3n) is 6.68. The third-order valence-corrected chi connectivity index (χ3v) is 6.68. The number of rotatable bonds is 5. The summed E-state index contributed by atoms with van der Waals surface area (Å²) in [7, 11) is 0. The second-order valence-electron chi connectivity index (χ2n) is 9.08. The summed E-state index contributed by atoms with van der Waals surface area (Å²) >= 11 is 0. The van der Waals surface area contributed by atoms with Crippen LogP contribution in [0, 0.1) is 6.92 Å². The molecular formula is C30H26N2O3. The Bertz CT molecular complexity index is 1420. The SMILES string of the molecule is Cc1nn(Cc2ccccc2)c2c1C(c1cccc(Oc3ccccc3)c1)C1=C(CCCC1=O)O2. The summed E-state index contributed by atoms with van der Waals surface area (Å²) in [5, 5.41) is 4.86. The van der Waals surface area contributed by atoms with Gasteiger partial charge >= 0.3 is 0 Å². The van der Waals surface area contributed by atoms with Crippen molar-refractivity contribution < 1.29 is 14.3 Å². The molecule has 1 aliphatic carbocycles. The van der Waals surface area contributed by atoms with Gasteiger partial charge in [-0.3, -0.25) is 4.79 Å². The standard InChI is InChI=1S/C30H26N2O3/c1-20-27-28(22-12-8-15-24(18-22)34-23-13-6-3-7-14-23)29-25(33)16-9-17-26(29)35-30(27)32(31-20)19-21-10-4-2-5-11-21/h2-8,10-15,18,28H,9,16-17,19H2,1H3. The average molecular weight is 463 g/mol. The highest BCUT2D eigenvalue weighted by atomic mass is 16.5. The number of hydrogen-bond donors (Lipinski definition) is 0. The Balaban J connectivity index is 1.45. The number of aromatic nitrogens is 2. The quantitative estimate of drug-likeness (QED) is 0.337. The molecule has 1 unspecified atom stereocenters. The lowest BCUT2D eigenvalue weighted by molar-refractivity contribution is -0.116. The van der Waals surface area contributed by atoms with Crippen molar-refractivity contribution in [3.8, 4) is 17.4 Å². The van der Waals surface area contributed by atoms with Crippen LogP contribution < -0.4 is 9.47 Å². The number of para-hydroxylation sites is 1. The molecule has 174 valence electrons. The van der Waals surface area contributed by atoms with E-state index in [1.165, 1.54) is 0 Å². The fourth-order valence-electron chi connectivity index (χ4n) is 5.12. The number of fused-ring (bicyclic) bond motifs is 1. The largest absolute Gasteiger partial charge is 0.457 e. The van der Waals surface area contributed by atoms with E-state index < -0.39 is 0 Å². The van der Waals surface area contributed by atoms with Crippen LogP contribution in [0.2, 0.25) is 0 Å². The molecule has 3 aromatic carbocycles. The van der Waals surface area contributed by atoms with Crippen molar-refractivity contribution >= 4 is 5.78 Å². The van der Waals surface area contributed by atoms with Crippen molar-refractivity contribution in [3.05, 3.63) is 119 Å². The van der Waals surface area contributed by atoms with E-state index >= 15 is 0 Å². The van der Waals surface area contributed by atoms with Crippen molar-refractivity contribution in [1.82, 2.24) is 9.78 Å². The lowest BCUT2D eigenvalue weighted by Gasteiger charge is -2.31. The van der Waals surface area contributed by atoms with Crippen LogP contribution in [0.5, 0.6) is 17.4 Å². The van der Waals surface area contributed by atoms with Crippen molar-refractivity contribution in [2.24, 2.45) is 0 Å². The van der Waals surface area contributed by atoms with E-state index in [0.29, 0.717) is 13.0 Å². The van der Waals surface area contributed by atoms with E-state index in [1.54, 1.807) is 0 Å². The molecule has 0 saturated carbocycles. The van der Waals surface area contributed by atoms with Gasteiger partial charge in [-0.25, -0.2) is 4.68 Å². The van der Waals surface area contributed by atoms with E-state index in [-0.39, 0.29) is 11.7 Å². The first kappa shape index (κ1) is 21.4. The number of aryl methyl sites for hydroxylation is 1. The zero-order chi connectivity index (χ0) is 23.8. The maximum Gasteiger partial charge on any atom is 0.222 e. The molecule has 0 amide bonds. The minimum Gasteiger partial charge on any atom is -0.457 e. The molecule has 0 fully saturated rings. The van der Waals surface area contributed by atoms with Gasteiger partial charge in [0, 0.05) is 29.9 Å². The molecule has 4 aromatic rings. The molecular weight excluding hydrogens is 436 g/mol. The summed E-state index contributed by atoms with van der Waals surface area (Å²) in [6, 6.07) is 28.0. The lowest BCUT2D eigenvalue weighted by Crippen LogP contribution is -2.26. The molecule has 0 bridgehead atoms. The van der Waals surface area contributed by atoms with Crippen molar-refractivity contribution in [3.63, 3.8) is 0 Å². The molecule has 1 aromatic heterocycles. The van der Waals surface area contributed by atoms with Crippen LogP contribution in [-0.2, 0) is 11.3 Å². The summed E-state index contributed by atoms with van der Waals surface area (Å²) < 4.78 is 14.5. The van der Waals surface area contributed by atoms with Gasteiger partial charge in [0.2, 0.25) is 5.88 Å². The molecule has 2 heterocycles. The van der Waals surface area contributed by atoms with Crippen LogP contribution in [0.25, 0.3) is 0 Å². The van der Waals surface area contributed by atoms with Crippen molar-refractivity contribution in [2.45, 2.75) is 38.6 Å². The average Bonchev–Trinajstić information content (AvgIpc) is 3.19. The second-order valence-corrected chi connectivity index (χ2v) is 9.08. The number of carbonyl (C=O) groups excluding carboxylic acids is 1. The van der Waals surface area contributed by atoms with Gasteiger partial charge in [0.15, 0.2) is 5.78 Å². The number of ether oxygens (including phenoxy) is 2. The molecule has 0 spiro atoms. The van der Waals surface area contributed by atoms with Gasteiger partial charge in [-0.1, -0.05) is 60.7 Å². The number of hydrogen-bond acceptors (Lipinski definition) is 4. The molecule has 0 saturated heterocycles. The monoisotopic (exact) mass is 462 g/mol. The Morgan fingerprint density at radius 1 is 0.943 bits per heavy atom. The molecule has 35 heavy (non-hydrogen) atoms. The number of allylic oxidation sites excluding steroid dienone is 2. The van der Waals surface area contributed by atoms with Crippen LogP contribution in [0.4, 0.5) is 0 Å². The van der Waals surface area contributed by atoms with E-state index in [4.69, 9.17) is 14.6 Å². The second kappa shape index (κ2) is 8.91. The summed E-state index contributed by atoms with van der Waals surface area (Å²) in [5.74, 6) is 2.96. The summed E-state index contributed by atoms with van der Waals surface area (Å²) in [6.45, 7) is 2.61. The molecule has 0 radical (unpaired) electrons. The molecule has 5 heteroatoms. The van der Waals surface area contributed by atoms with Gasteiger partial charge in [-0.15, -0.1) is 0 Å². The highest BCUT2D eigenvalue weighted by Crippen LogP contribution is 2.48. The predicted molar refractivity (Wildman–Crippen MR) is 134 cm³/mol. The first-order chi connectivity index (χ1) is 17.2. The van der Waals surface area contributed by atoms with Crippen molar-refractivity contribution in [2.75, 3.05) is 0 Å². The maximum absolute atomic E-state index is 13.2. The van der Waals surface area contributed by atoms with Crippen LogP contribution in [-0.4, -0.2) is 15.6 Å². The van der Waals surface area contributed by atoms with Gasteiger partial charge in [0.1, 0.15) is 17.3 Å². The fourth-order valence-corrected chi connectivity index (χ4v) is 5.12. The van der Waals surface area contributed by atoms with Crippen LogP contribution in [0.15, 0.2) is 96.3 Å². The number of ketones is 1. The van der Waals surface area contributed by atoms with Gasteiger partial charge in [-0.2, -0.15) is 5.10 Å². The normalized spacial score (nSPS) is 16.9. The van der Waals surface area contributed by atoms with Crippen molar-refractivity contribution in [1.29, 1.82) is 0 Å². The topological polar surface area (TPSA) is 53.4 Å². The van der Waals surface area contributed by atoms with Crippen LogP contribution in [0.1, 0.15) is 47.6 Å². The first-order valence-electron chi connectivity index (χ1n) is 12.1. The Morgan fingerprint density at radius 2 is 1.69 bits per heavy atom. The lowest BCUT2D eigenvalue weighted by atomic mass is 9.77. The van der Waals surface area contributed by atoms with Gasteiger partial charge in [-0.05, 0) is 48.7 Å². The maximum atomic E-state index is 13.2. The summed E-state index contributed by atoms with van der Waals surface area (Å²) in [5.41, 5.74) is 4.76. The van der Waals surface area contributed by atoms with E-state index in [0.717, 1.165) is 63.9 Å². The Labute approximate surface area is 204 Å². The minimum absolute atomic E-state index is 0.159. The van der Waals surface area contributed by atoms with E-state index in [2.05, 4.69) is 18.2 Å². The summed E-state index contributed by atoms with van der Waals surface area (Å²) in [4.78, 5) is 13.2. The van der Waals surface area contributed by atoms with E-state index in [9.17, 15) is 4.79 Å². The Hall–Kier alpha value is -4.12. The van der Waals surface area contributed by atoms with E-state index in [1.807, 2.05) is 78.3 Å². The highest BCUT2D eigenvalue weighted by Gasteiger charge is 2.40. The first-order valence-corrected chi connectivity index (χ1v) is 12.1. The number of carbonyl (C=O) groups is 1. The third kappa shape index (κ3) is 4.03. The molecule has 6 rings (SSSR count). The zero-order valence-corrected chi connectivity index (χ0v) is 19.6. The molecule has 1 atom stereocenters. The van der Waals surface area contributed by atoms with Gasteiger partial charge in [0.25, 0.3) is 0 Å². The fraction of sp³-hybridized carbons (Fsp3) is 0.200. The predicted octanol–water partition coefficient (Wildman–Crippen LogP) is 6.56. The number of benzene rings is 3. The van der Waals surface area contributed by atoms with Crippen LogP contribution in [0.3, 0.4) is 0 Å². The zero-order valence-electron chi connectivity index (χ0n) is 19.6. The summed E-state index contributed by atoms with van der Waals surface area (Å²) in [6.07, 6.45) is 2.11. The Morgan fingerprint density at radius 3 is 2.49 bits per heavy atom. The number of nitrogens with zero attached hydrogens (tertiary/aromatic N) is 2. The van der Waals surface area contributed by atoms with Gasteiger partial charge < -0.3 is 9.47 Å².